The Hall–Kier alpha value is -3.07. The van der Waals surface area contributed by atoms with Gasteiger partial charge in [0.2, 0.25) is 0 Å². The molecule has 0 spiro atoms. The number of hydrogen-bond acceptors (Lipinski definition) is 2. The van der Waals surface area contributed by atoms with Crippen LogP contribution < -0.4 is 10.2 Å². The molecule has 3 aromatic rings. The molecule has 1 aliphatic rings. The molecule has 3 nitrogen and oxygen atoms in total. The van der Waals surface area contributed by atoms with Gasteiger partial charge in [-0.1, -0.05) is 54.1 Å². The summed E-state index contributed by atoms with van der Waals surface area (Å²) >= 11 is 0. The zero-order valence-corrected chi connectivity index (χ0v) is 18.4. The van der Waals surface area contributed by atoms with Gasteiger partial charge in [0.25, 0.3) is 5.91 Å². The maximum absolute atomic E-state index is 13.4. The highest BCUT2D eigenvalue weighted by Gasteiger charge is 2.21. The van der Waals surface area contributed by atoms with Gasteiger partial charge >= 0.3 is 0 Å². The Kier molecular flexibility index (Phi) is 5.63. The van der Waals surface area contributed by atoms with Crippen molar-refractivity contribution < 1.29 is 4.79 Å². The molecule has 1 N–H and O–H groups in total. The highest BCUT2D eigenvalue weighted by Crippen LogP contribution is 2.36. The van der Waals surface area contributed by atoms with Crippen molar-refractivity contribution in [3.8, 4) is 11.1 Å². The van der Waals surface area contributed by atoms with E-state index in [-0.39, 0.29) is 5.91 Å². The van der Waals surface area contributed by atoms with Crippen molar-refractivity contribution in [3.05, 3.63) is 82.4 Å². The quantitative estimate of drug-likeness (QED) is 0.548. The van der Waals surface area contributed by atoms with Crippen molar-refractivity contribution in [1.82, 2.24) is 0 Å². The second kappa shape index (κ2) is 8.35. The number of hydrogen-bond donors (Lipinski definition) is 1. The number of anilines is 2. The Morgan fingerprint density at radius 1 is 0.867 bits per heavy atom. The topological polar surface area (TPSA) is 32.3 Å². The van der Waals surface area contributed by atoms with Crippen molar-refractivity contribution in [2.75, 3.05) is 23.3 Å². The number of rotatable bonds is 4. The first-order valence-electron chi connectivity index (χ1n) is 10.8. The summed E-state index contributed by atoms with van der Waals surface area (Å²) in [5.74, 6) is -0.0615. The summed E-state index contributed by atoms with van der Waals surface area (Å²) in [7, 11) is 0. The molecule has 1 amide bonds. The van der Waals surface area contributed by atoms with Gasteiger partial charge < -0.3 is 10.2 Å². The van der Waals surface area contributed by atoms with E-state index in [4.69, 9.17) is 0 Å². The molecule has 4 rings (SSSR count). The van der Waals surface area contributed by atoms with Crippen LogP contribution in [-0.4, -0.2) is 19.0 Å². The molecule has 1 saturated heterocycles. The molecule has 30 heavy (non-hydrogen) atoms. The Bertz CT molecular complexity index is 1080. The molecule has 1 heterocycles. The summed E-state index contributed by atoms with van der Waals surface area (Å²) in [5.41, 5.74) is 9.68. The molecule has 3 aromatic carbocycles. The molecule has 0 aromatic heterocycles. The number of carbonyl (C=O) groups is 1. The zero-order chi connectivity index (χ0) is 21.3. The number of carbonyl (C=O) groups excluding carboxylic acids is 1. The van der Waals surface area contributed by atoms with Crippen LogP contribution in [0.4, 0.5) is 11.4 Å². The monoisotopic (exact) mass is 398 g/mol. The Morgan fingerprint density at radius 3 is 2.23 bits per heavy atom. The van der Waals surface area contributed by atoms with Crippen molar-refractivity contribution in [1.29, 1.82) is 0 Å². The molecular formula is C27H30N2O. The molecule has 154 valence electrons. The van der Waals surface area contributed by atoms with Gasteiger partial charge in [-0.15, -0.1) is 0 Å². The van der Waals surface area contributed by atoms with Gasteiger partial charge in [0.15, 0.2) is 0 Å². The standard InChI is InChI=1S/C27H30N2O/c1-18-11-13-22(14-12-18)23-9-5-6-10-24(23)27(30)28-25-19(2)17-20(3)26(21(25)4)29-15-7-8-16-29/h5-6,9-14,17H,7-8,15-16H2,1-4H3,(H,28,30). The highest BCUT2D eigenvalue weighted by atomic mass is 16.1. The average Bonchev–Trinajstić information content (AvgIpc) is 3.26. The van der Waals surface area contributed by atoms with Gasteiger partial charge in [0, 0.05) is 30.0 Å². The second-order valence-corrected chi connectivity index (χ2v) is 8.42. The molecule has 0 radical (unpaired) electrons. The van der Waals surface area contributed by atoms with E-state index in [1.54, 1.807) is 0 Å². The number of nitrogens with one attached hydrogen (secondary N) is 1. The van der Waals surface area contributed by atoms with Crippen molar-refractivity contribution >= 4 is 17.3 Å². The predicted molar refractivity (Wildman–Crippen MR) is 127 cm³/mol. The van der Waals surface area contributed by atoms with Crippen LogP contribution in [0.1, 0.15) is 45.5 Å². The largest absolute Gasteiger partial charge is 0.371 e. The molecule has 0 saturated carbocycles. The van der Waals surface area contributed by atoms with Crippen LogP contribution in [-0.2, 0) is 0 Å². The van der Waals surface area contributed by atoms with E-state index in [2.05, 4.69) is 68.2 Å². The summed E-state index contributed by atoms with van der Waals surface area (Å²) < 4.78 is 0. The molecule has 1 aliphatic heterocycles. The Morgan fingerprint density at radius 2 is 1.53 bits per heavy atom. The third-order valence-corrected chi connectivity index (χ3v) is 6.13. The molecule has 1 fully saturated rings. The Labute approximate surface area is 179 Å². The number of amides is 1. The van der Waals surface area contributed by atoms with E-state index in [0.29, 0.717) is 5.56 Å². The van der Waals surface area contributed by atoms with Gasteiger partial charge in [0.05, 0.1) is 0 Å². The normalized spacial score (nSPS) is 13.5. The summed E-state index contributed by atoms with van der Waals surface area (Å²) in [4.78, 5) is 15.8. The SMILES string of the molecule is Cc1ccc(-c2ccccc2C(=O)Nc2c(C)cc(C)c(N3CCCC3)c2C)cc1. The van der Waals surface area contributed by atoms with Crippen LogP contribution in [0, 0.1) is 27.7 Å². The molecule has 0 aliphatic carbocycles. The lowest BCUT2D eigenvalue weighted by Crippen LogP contribution is -2.22. The third kappa shape index (κ3) is 3.85. The first kappa shape index (κ1) is 20.2. The fourth-order valence-electron chi connectivity index (χ4n) is 4.64. The maximum Gasteiger partial charge on any atom is 0.256 e. The molecule has 3 heteroatoms. The molecular weight excluding hydrogens is 368 g/mol. The molecule has 0 bridgehead atoms. The summed E-state index contributed by atoms with van der Waals surface area (Å²) in [5, 5.41) is 3.24. The van der Waals surface area contributed by atoms with Crippen LogP contribution in [0.5, 0.6) is 0 Å². The van der Waals surface area contributed by atoms with E-state index in [0.717, 1.165) is 41.0 Å². The van der Waals surface area contributed by atoms with Crippen LogP contribution in [0.15, 0.2) is 54.6 Å². The first-order chi connectivity index (χ1) is 14.5. The highest BCUT2D eigenvalue weighted by molar-refractivity contribution is 6.09. The van der Waals surface area contributed by atoms with Crippen LogP contribution in [0.25, 0.3) is 11.1 Å². The Balaban J connectivity index is 1.70. The zero-order valence-electron chi connectivity index (χ0n) is 18.4. The molecule has 0 atom stereocenters. The number of nitrogens with zero attached hydrogens (tertiary/aromatic N) is 1. The van der Waals surface area contributed by atoms with Crippen LogP contribution in [0.3, 0.4) is 0 Å². The molecule has 0 unspecified atom stereocenters. The summed E-state index contributed by atoms with van der Waals surface area (Å²) in [6.45, 7) is 10.6. The summed E-state index contributed by atoms with van der Waals surface area (Å²) in [6.07, 6.45) is 2.47. The van der Waals surface area contributed by atoms with Crippen molar-refractivity contribution in [2.24, 2.45) is 0 Å². The van der Waals surface area contributed by atoms with Crippen molar-refractivity contribution in [3.63, 3.8) is 0 Å². The van der Waals surface area contributed by atoms with Crippen LogP contribution >= 0.6 is 0 Å². The summed E-state index contributed by atoms with van der Waals surface area (Å²) in [6, 6.07) is 18.4. The van der Waals surface area contributed by atoms with Gasteiger partial charge in [-0.2, -0.15) is 0 Å². The van der Waals surface area contributed by atoms with E-state index in [9.17, 15) is 4.79 Å². The fraction of sp³-hybridized carbons (Fsp3) is 0.296. The smallest absolute Gasteiger partial charge is 0.256 e. The lowest BCUT2D eigenvalue weighted by Gasteiger charge is -2.26. The van der Waals surface area contributed by atoms with Gasteiger partial charge in [-0.3, -0.25) is 4.79 Å². The average molecular weight is 399 g/mol. The number of benzene rings is 3. The fourth-order valence-corrected chi connectivity index (χ4v) is 4.64. The minimum absolute atomic E-state index is 0.0615. The first-order valence-corrected chi connectivity index (χ1v) is 10.8. The van der Waals surface area contributed by atoms with E-state index >= 15 is 0 Å². The lowest BCUT2D eigenvalue weighted by molar-refractivity contribution is 0.102. The van der Waals surface area contributed by atoms with E-state index in [1.165, 1.54) is 29.7 Å². The minimum Gasteiger partial charge on any atom is -0.371 e. The predicted octanol–water partition coefficient (Wildman–Crippen LogP) is 6.44. The van der Waals surface area contributed by atoms with Crippen molar-refractivity contribution in [2.45, 2.75) is 40.5 Å². The lowest BCUT2D eigenvalue weighted by atomic mass is 9.97. The minimum atomic E-state index is -0.0615. The maximum atomic E-state index is 13.4. The van der Waals surface area contributed by atoms with E-state index in [1.807, 2.05) is 24.3 Å². The van der Waals surface area contributed by atoms with Gasteiger partial charge in [-0.05, 0) is 74.4 Å². The van der Waals surface area contributed by atoms with Crippen LogP contribution in [0.2, 0.25) is 0 Å². The van der Waals surface area contributed by atoms with Gasteiger partial charge in [0.1, 0.15) is 0 Å². The third-order valence-electron chi connectivity index (χ3n) is 6.13. The van der Waals surface area contributed by atoms with E-state index < -0.39 is 0 Å². The number of aryl methyl sites for hydroxylation is 3. The second-order valence-electron chi connectivity index (χ2n) is 8.42. The van der Waals surface area contributed by atoms with Gasteiger partial charge in [-0.25, -0.2) is 0 Å².